The minimum absolute atomic E-state index is 0.0283. The zero-order valence-electron chi connectivity index (χ0n) is 16.5. The summed E-state index contributed by atoms with van der Waals surface area (Å²) in [5, 5.41) is 0. The highest BCUT2D eigenvalue weighted by atomic mass is 19.1. The highest BCUT2D eigenvalue weighted by molar-refractivity contribution is 6.22. The number of hydrogen-bond acceptors (Lipinski definition) is 5. The Labute approximate surface area is 168 Å². The number of halogens is 1. The monoisotopic (exact) mass is 399 g/mol. The van der Waals surface area contributed by atoms with Gasteiger partial charge in [0.25, 0.3) is 11.8 Å². The van der Waals surface area contributed by atoms with Gasteiger partial charge >= 0.3 is 5.97 Å². The number of ether oxygens (including phenoxy) is 2. The second-order valence-corrected chi connectivity index (χ2v) is 7.24. The molecule has 1 aliphatic rings. The van der Waals surface area contributed by atoms with Gasteiger partial charge in [0.05, 0.1) is 18.2 Å². The predicted octanol–water partition coefficient (Wildman–Crippen LogP) is 3.59. The number of carbonyl (C=O) groups is 3. The van der Waals surface area contributed by atoms with Crippen molar-refractivity contribution in [2.45, 2.75) is 32.9 Å². The van der Waals surface area contributed by atoms with Gasteiger partial charge in [-0.25, -0.2) is 9.18 Å². The lowest BCUT2D eigenvalue weighted by Gasteiger charge is -2.26. The molecule has 29 heavy (non-hydrogen) atoms. The number of nitrogens with zero attached hydrogens (tertiary/aromatic N) is 1. The quantitative estimate of drug-likeness (QED) is 0.526. The third-order valence-electron chi connectivity index (χ3n) is 4.72. The lowest BCUT2D eigenvalue weighted by molar-refractivity contribution is -0.150. The molecule has 152 valence electrons. The molecule has 0 unspecified atom stereocenters. The predicted molar refractivity (Wildman–Crippen MR) is 103 cm³/mol. The third-order valence-corrected chi connectivity index (χ3v) is 4.72. The number of amides is 2. The molecule has 7 heteroatoms. The Morgan fingerprint density at radius 3 is 2.24 bits per heavy atom. The van der Waals surface area contributed by atoms with Crippen molar-refractivity contribution < 1.29 is 28.2 Å². The molecule has 3 rings (SSSR count). The van der Waals surface area contributed by atoms with Gasteiger partial charge in [-0.3, -0.25) is 14.5 Å². The second kappa shape index (κ2) is 8.43. The standard InChI is InChI=1S/C22H22FNO5/c1-13(2)10-18(24-20(25)16-6-4-5-7-17(16)21(24)26)22(27)29-12-14-11-15(23)8-9-19(14)28-3/h4-9,11,13,18H,10,12H2,1-3H3/t18-/m1/s1. The van der Waals surface area contributed by atoms with Crippen LogP contribution in [0.15, 0.2) is 42.5 Å². The molecule has 0 bridgehead atoms. The summed E-state index contributed by atoms with van der Waals surface area (Å²) in [4.78, 5) is 39.4. The van der Waals surface area contributed by atoms with Gasteiger partial charge in [-0.2, -0.15) is 0 Å². The molecule has 2 aromatic carbocycles. The van der Waals surface area contributed by atoms with E-state index in [1.807, 2.05) is 13.8 Å². The van der Waals surface area contributed by atoms with Gasteiger partial charge in [-0.05, 0) is 42.7 Å². The van der Waals surface area contributed by atoms with E-state index in [1.165, 1.54) is 25.3 Å². The average molecular weight is 399 g/mol. The van der Waals surface area contributed by atoms with E-state index in [0.29, 0.717) is 11.3 Å². The third kappa shape index (κ3) is 4.13. The SMILES string of the molecule is COc1ccc(F)cc1COC(=O)[C@@H](CC(C)C)N1C(=O)c2ccccc2C1=O. The first kappa shape index (κ1) is 20.5. The summed E-state index contributed by atoms with van der Waals surface area (Å²) in [7, 11) is 1.43. The molecule has 1 heterocycles. The molecule has 0 aromatic heterocycles. The topological polar surface area (TPSA) is 72.9 Å². The molecular formula is C22H22FNO5. The molecule has 2 aromatic rings. The number of rotatable bonds is 7. The molecule has 2 amide bonds. The van der Waals surface area contributed by atoms with Crippen LogP contribution in [-0.4, -0.2) is 35.8 Å². The molecule has 0 saturated carbocycles. The van der Waals surface area contributed by atoms with Crippen LogP contribution in [0, 0.1) is 11.7 Å². The Bertz CT molecular complexity index is 921. The number of imide groups is 1. The van der Waals surface area contributed by atoms with E-state index in [4.69, 9.17) is 9.47 Å². The Hall–Kier alpha value is -3.22. The summed E-state index contributed by atoms with van der Waals surface area (Å²) >= 11 is 0. The van der Waals surface area contributed by atoms with Crippen LogP contribution in [0.25, 0.3) is 0 Å². The Morgan fingerprint density at radius 1 is 1.07 bits per heavy atom. The largest absolute Gasteiger partial charge is 0.496 e. The smallest absolute Gasteiger partial charge is 0.329 e. The molecule has 0 fully saturated rings. The fourth-order valence-electron chi connectivity index (χ4n) is 3.35. The van der Waals surface area contributed by atoms with Crippen molar-refractivity contribution in [1.82, 2.24) is 4.90 Å². The zero-order chi connectivity index (χ0) is 21.1. The summed E-state index contributed by atoms with van der Waals surface area (Å²) < 4.78 is 24.1. The van der Waals surface area contributed by atoms with Crippen LogP contribution in [0.1, 0.15) is 46.5 Å². The highest BCUT2D eigenvalue weighted by Gasteiger charge is 2.43. The Morgan fingerprint density at radius 2 is 1.69 bits per heavy atom. The van der Waals surface area contributed by atoms with Crippen LogP contribution in [-0.2, 0) is 16.1 Å². The number of hydrogen-bond donors (Lipinski definition) is 0. The fraction of sp³-hybridized carbons (Fsp3) is 0.318. The van der Waals surface area contributed by atoms with E-state index >= 15 is 0 Å². The van der Waals surface area contributed by atoms with Gasteiger partial charge in [0.1, 0.15) is 24.2 Å². The number of benzene rings is 2. The van der Waals surface area contributed by atoms with Crippen LogP contribution in [0.3, 0.4) is 0 Å². The molecule has 6 nitrogen and oxygen atoms in total. The highest BCUT2D eigenvalue weighted by Crippen LogP contribution is 2.28. The number of carbonyl (C=O) groups excluding carboxylic acids is 3. The summed E-state index contributed by atoms with van der Waals surface area (Å²) in [5.41, 5.74) is 0.892. The molecule has 0 N–H and O–H groups in total. The maximum atomic E-state index is 13.5. The average Bonchev–Trinajstić information content (AvgIpc) is 2.95. The van der Waals surface area contributed by atoms with Crippen molar-refractivity contribution in [3.63, 3.8) is 0 Å². The lowest BCUT2D eigenvalue weighted by Crippen LogP contribution is -2.46. The minimum Gasteiger partial charge on any atom is -0.496 e. The summed E-state index contributed by atoms with van der Waals surface area (Å²) in [5.74, 6) is -1.84. The normalized spacial score (nSPS) is 14.2. The Kier molecular flexibility index (Phi) is 5.96. The van der Waals surface area contributed by atoms with Crippen molar-refractivity contribution in [2.75, 3.05) is 7.11 Å². The molecular weight excluding hydrogens is 377 g/mol. The minimum atomic E-state index is -1.07. The van der Waals surface area contributed by atoms with Crippen molar-refractivity contribution in [3.8, 4) is 5.75 Å². The van der Waals surface area contributed by atoms with Crippen LogP contribution in [0.2, 0.25) is 0 Å². The first-order chi connectivity index (χ1) is 13.8. The molecule has 0 radical (unpaired) electrons. The summed E-state index contributed by atoms with van der Waals surface area (Å²) in [6.07, 6.45) is 0.255. The number of methoxy groups -OCH3 is 1. The summed E-state index contributed by atoms with van der Waals surface area (Å²) in [6, 6.07) is 9.28. The van der Waals surface area contributed by atoms with E-state index in [9.17, 15) is 18.8 Å². The summed E-state index contributed by atoms with van der Waals surface area (Å²) in [6.45, 7) is 3.53. The van der Waals surface area contributed by atoms with Gasteiger partial charge in [-0.1, -0.05) is 26.0 Å². The zero-order valence-corrected chi connectivity index (χ0v) is 16.5. The van der Waals surface area contributed by atoms with E-state index in [1.54, 1.807) is 24.3 Å². The Balaban J connectivity index is 1.83. The number of fused-ring (bicyclic) bond motifs is 1. The van der Waals surface area contributed by atoms with Gasteiger partial charge in [-0.15, -0.1) is 0 Å². The van der Waals surface area contributed by atoms with Crippen LogP contribution in [0.4, 0.5) is 4.39 Å². The van der Waals surface area contributed by atoms with Crippen LogP contribution < -0.4 is 4.74 Å². The van der Waals surface area contributed by atoms with Gasteiger partial charge in [0, 0.05) is 5.56 Å². The van der Waals surface area contributed by atoms with E-state index in [2.05, 4.69) is 0 Å². The fourth-order valence-corrected chi connectivity index (χ4v) is 3.35. The maximum Gasteiger partial charge on any atom is 0.329 e. The van der Waals surface area contributed by atoms with E-state index in [-0.39, 0.29) is 30.1 Å². The van der Waals surface area contributed by atoms with Gasteiger partial charge in [0.2, 0.25) is 0 Å². The van der Waals surface area contributed by atoms with Crippen LogP contribution >= 0.6 is 0 Å². The first-order valence-corrected chi connectivity index (χ1v) is 9.29. The van der Waals surface area contributed by atoms with E-state index < -0.39 is 29.6 Å². The van der Waals surface area contributed by atoms with Crippen molar-refractivity contribution >= 4 is 17.8 Å². The molecule has 1 atom stereocenters. The van der Waals surface area contributed by atoms with Crippen molar-refractivity contribution in [1.29, 1.82) is 0 Å². The molecule has 0 saturated heterocycles. The first-order valence-electron chi connectivity index (χ1n) is 9.29. The molecule has 0 spiro atoms. The molecule has 1 aliphatic heterocycles. The van der Waals surface area contributed by atoms with Crippen LogP contribution in [0.5, 0.6) is 5.75 Å². The lowest BCUT2D eigenvalue weighted by atomic mass is 10.0. The van der Waals surface area contributed by atoms with Crippen molar-refractivity contribution in [2.24, 2.45) is 5.92 Å². The second-order valence-electron chi connectivity index (χ2n) is 7.24. The maximum absolute atomic E-state index is 13.5. The van der Waals surface area contributed by atoms with Gasteiger partial charge < -0.3 is 9.47 Å². The number of esters is 1. The van der Waals surface area contributed by atoms with E-state index in [0.717, 1.165) is 4.90 Å². The van der Waals surface area contributed by atoms with Crippen molar-refractivity contribution in [3.05, 3.63) is 65.0 Å². The van der Waals surface area contributed by atoms with Gasteiger partial charge in [0.15, 0.2) is 0 Å². The molecule has 0 aliphatic carbocycles.